The molecular formula is C19H31N3O3. The van der Waals surface area contributed by atoms with Crippen molar-refractivity contribution in [3.05, 3.63) is 35.9 Å². The molecule has 0 bridgehead atoms. The number of nitrogens with zero attached hydrogens (tertiary/aromatic N) is 2. The van der Waals surface area contributed by atoms with Gasteiger partial charge in [0.25, 0.3) is 0 Å². The maximum Gasteiger partial charge on any atom is 0.237 e. The van der Waals surface area contributed by atoms with E-state index in [-0.39, 0.29) is 11.9 Å². The van der Waals surface area contributed by atoms with E-state index in [1.807, 2.05) is 23.1 Å². The van der Waals surface area contributed by atoms with Gasteiger partial charge in [0.2, 0.25) is 5.91 Å². The summed E-state index contributed by atoms with van der Waals surface area (Å²) in [6, 6.07) is 10.3. The summed E-state index contributed by atoms with van der Waals surface area (Å²) in [6.07, 6.45) is 0. The summed E-state index contributed by atoms with van der Waals surface area (Å²) in [5, 5.41) is 3.16. The number of benzene rings is 1. The molecule has 1 aromatic carbocycles. The first kappa shape index (κ1) is 19.8. The third-order valence-corrected chi connectivity index (χ3v) is 4.43. The molecule has 0 spiro atoms. The smallest absolute Gasteiger partial charge is 0.237 e. The number of hydrogen-bond acceptors (Lipinski definition) is 5. The van der Waals surface area contributed by atoms with Gasteiger partial charge in [-0.2, -0.15) is 0 Å². The lowest BCUT2D eigenvalue weighted by Gasteiger charge is -2.35. The van der Waals surface area contributed by atoms with Crippen molar-refractivity contribution in [2.75, 3.05) is 59.7 Å². The zero-order valence-corrected chi connectivity index (χ0v) is 15.4. The van der Waals surface area contributed by atoms with E-state index in [0.29, 0.717) is 26.2 Å². The first-order chi connectivity index (χ1) is 12.2. The molecule has 1 N–H and O–H groups in total. The standard InChI is InChI=1S/C19H31N3O3/c1-17(15-21-9-12-25-13-10-21)22(16-18-6-4-3-5-7-18)19(23)14-20-8-11-24-2/h3-7,17,20H,8-16H2,1-2H3. The van der Waals surface area contributed by atoms with Crippen LogP contribution in [0.15, 0.2) is 30.3 Å². The average Bonchev–Trinajstić information content (AvgIpc) is 2.64. The monoisotopic (exact) mass is 349 g/mol. The molecule has 0 aliphatic carbocycles. The largest absolute Gasteiger partial charge is 0.383 e. The number of methoxy groups -OCH3 is 1. The van der Waals surface area contributed by atoms with Gasteiger partial charge in [0, 0.05) is 45.9 Å². The summed E-state index contributed by atoms with van der Waals surface area (Å²) in [5.74, 6) is 0.126. The van der Waals surface area contributed by atoms with Crippen molar-refractivity contribution < 1.29 is 14.3 Å². The number of rotatable bonds is 10. The van der Waals surface area contributed by atoms with Gasteiger partial charge in [0.05, 0.1) is 26.4 Å². The van der Waals surface area contributed by atoms with E-state index < -0.39 is 0 Å². The second-order valence-electron chi connectivity index (χ2n) is 6.44. The van der Waals surface area contributed by atoms with Gasteiger partial charge < -0.3 is 19.7 Å². The summed E-state index contributed by atoms with van der Waals surface area (Å²) in [5.41, 5.74) is 1.15. The molecule has 1 unspecified atom stereocenters. The quantitative estimate of drug-likeness (QED) is 0.638. The van der Waals surface area contributed by atoms with Crippen molar-refractivity contribution in [3.63, 3.8) is 0 Å². The third-order valence-electron chi connectivity index (χ3n) is 4.43. The van der Waals surface area contributed by atoms with Crippen LogP contribution in [0.5, 0.6) is 0 Å². The Morgan fingerprint density at radius 1 is 1.32 bits per heavy atom. The number of amides is 1. The molecule has 0 aromatic heterocycles. The zero-order chi connectivity index (χ0) is 17.9. The fourth-order valence-corrected chi connectivity index (χ4v) is 3.00. The SMILES string of the molecule is COCCNCC(=O)N(Cc1ccccc1)C(C)CN1CCOCC1. The number of morpholine rings is 1. The van der Waals surface area contributed by atoms with Gasteiger partial charge in [-0.1, -0.05) is 30.3 Å². The van der Waals surface area contributed by atoms with Crippen LogP contribution in [0.4, 0.5) is 0 Å². The number of nitrogens with one attached hydrogen (secondary N) is 1. The van der Waals surface area contributed by atoms with E-state index >= 15 is 0 Å². The molecule has 25 heavy (non-hydrogen) atoms. The number of hydrogen-bond donors (Lipinski definition) is 1. The summed E-state index contributed by atoms with van der Waals surface area (Å²) in [7, 11) is 1.66. The maximum atomic E-state index is 12.8. The fraction of sp³-hybridized carbons (Fsp3) is 0.632. The van der Waals surface area contributed by atoms with Crippen molar-refractivity contribution in [2.45, 2.75) is 19.5 Å². The molecule has 1 saturated heterocycles. The van der Waals surface area contributed by atoms with E-state index in [4.69, 9.17) is 9.47 Å². The second-order valence-corrected chi connectivity index (χ2v) is 6.44. The Hall–Kier alpha value is -1.47. The van der Waals surface area contributed by atoms with Gasteiger partial charge in [0.15, 0.2) is 0 Å². The Morgan fingerprint density at radius 2 is 2.04 bits per heavy atom. The Balaban J connectivity index is 1.95. The highest BCUT2D eigenvalue weighted by atomic mass is 16.5. The van der Waals surface area contributed by atoms with Crippen molar-refractivity contribution in [1.82, 2.24) is 15.1 Å². The van der Waals surface area contributed by atoms with Crippen LogP contribution in [0.3, 0.4) is 0 Å². The summed E-state index contributed by atoms with van der Waals surface area (Å²) < 4.78 is 10.4. The minimum absolute atomic E-state index is 0.126. The van der Waals surface area contributed by atoms with Crippen LogP contribution in [-0.2, 0) is 20.8 Å². The molecule has 6 heteroatoms. The van der Waals surface area contributed by atoms with Crippen LogP contribution in [0, 0.1) is 0 Å². The Labute approximate surface area is 151 Å². The van der Waals surface area contributed by atoms with Crippen molar-refractivity contribution >= 4 is 5.91 Å². The lowest BCUT2D eigenvalue weighted by atomic mass is 10.1. The first-order valence-electron chi connectivity index (χ1n) is 9.04. The molecule has 1 aromatic rings. The summed E-state index contributed by atoms with van der Waals surface area (Å²) in [6.45, 7) is 8.68. The minimum atomic E-state index is 0.126. The molecule has 1 heterocycles. The Bertz CT molecular complexity index is 492. The average molecular weight is 349 g/mol. The second kappa shape index (κ2) is 11.2. The van der Waals surface area contributed by atoms with Crippen LogP contribution in [0.25, 0.3) is 0 Å². The maximum absolute atomic E-state index is 12.8. The molecule has 1 aliphatic rings. The Morgan fingerprint density at radius 3 is 2.72 bits per heavy atom. The molecule has 1 aliphatic heterocycles. The number of carbonyl (C=O) groups is 1. The van der Waals surface area contributed by atoms with Crippen LogP contribution in [0.1, 0.15) is 12.5 Å². The van der Waals surface area contributed by atoms with E-state index in [1.54, 1.807) is 7.11 Å². The molecule has 2 rings (SSSR count). The minimum Gasteiger partial charge on any atom is -0.383 e. The first-order valence-corrected chi connectivity index (χ1v) is 9.04. The molecule has 1 amide bonds. The third kappa shape index (κ3) is 7.12. The van der Waals surface area contributed by atoms with Crippen molar-refractivity contribution in [1.29, 1.82) is 0 Å². The number of ether oxygens (including phenoxy) is 2. The fourth-order valence-electron chi connectivity index (χ4n) is 3.00. The van der Waals surface area contributed by atoms with E-state index in [9.17, 15) is 4.79 Å². The predicted octanol–water partition coefficient (Wildman–Crippen LogP) is 0.972. The van der Waals surface area contributed by atoms with Gasteiger partial charge in [-0.3, -0.25) is 9.69 Å². The van der Waals surface area contributed by atoms with Crippen molar-refractivity contribution in [3.8, 4) is 0 Å². The lowest BCUT2D eigenvalue weighted by Crippen LogP contribution is -2.50. The topological polar surface area (TPSA) is 54.0 Å². The highest BCUT2D eigenvalue weighted by molar-refractivity contribution is 5.78. The van der Waals surface area contributed by atoms with Crippen LogP contribution in [-0.4, -0.2) is 81.4 Å². The predicted molar refractivity (Wildman–Crippen MR) is 98.5 cm³/mol. The highest BCUT2D eigenvalue weighted by Crippen LogP contribution is 2.11. The molecule has 140 valence electrons. The summed E-state index contributed by atoms with van der Waals surface area (Å²) in [4.78, 5) is 17.1. The normalized spacial score (nSPS) is 16.6. The Kier molecular flexibility index (Phi) is 8.90. The molecule has 0 radical (unpaired) electrons. The van der Waals surface area contributed by atoms with Crippen LogP contribution >= 0.6 is 0 Å². The van der Waals surface area contributed by atoms with Gasteiger partial charge in [-0.15, -0.1) is 0 Å². The van der Waals surface area contributed by atoms with E-state index in [0.717, 1.165) is 38.4 Å². The summed E-state index contributed by atoms with van der Waals surface area (Å²) >= 11 is 0. The van der Waals surface area contributed by atoms with Crippen LogP contribution < -0.4 is 5.32 Å². The lowest BCUT2D eigenvalue weighted by molar-refractivity contribution is -0.133. The molecule has 1 fully saturated rings. The zero-order valence-electron chi connectivity index (χ0n) is 15.4. The molecule has 1 atom stereocenters. The molecular weight excluding hydrogens is 318 g/mol. The van der Waals surface area contributed by atoms with Gasteiger partial charge in [-0.05, 0) is 12.5 Å². The highest BCUT2D eigenvalue weighted by Gasteiger charge is 2.23. The van der Waals surface area contributed by atoms with Gasteiger partial charge in [-0.25, -0.2) is 0 Å². The number of carbonyl (C=O) groups excluding carboxylic acids is 1. The van der Waals surface area contributed by atoms with Crippen LogP contribution in [0.2, 0.25) is 0 Å². The van der Waals surface area contributed by atoms with Gasteiger partial charge >= 0.3 is 0 Å². The molecule has 6 nitrogen and oxygen atoms in total. The van der Waals surface area contributed by atoms with E-state index in [1.165, 1.54) is 0 Å². The van der Waals surface area contributed by atoms with Crippen molar-refractivity contribution in [2.24, 2.45) is 0 Å². The van der Waals surface area contributed by atoms with E-state index in [2.05, 4.69) is 29.3 Å². The molecule has 0 saturated carbocycles. The van der Waals surface area contributed by atoms with Gasteiger partial charge in [0.1, 0.15) is 0 Å².